The molecule has 2 aromatic heterocycles. The average Bonchev–Trinajstić information content (AvgIpc) is 3.57. The molecule has 0 bridgehead atoms. The van der Waals surface area contributed by atoms with Crippen LogP contribution in [0.3, 0.4) is 0 Å². The summed E-state index contributed by atoms with van der Waals surface area (Å²) in [7, 11) is 7.38. The topological polar surface area (TPSA) is 102 Å². The van der Waals surface area contributed by atoms with Crippen molar-refractivity contribution < 1.29 is 46.2 Å². The molecule has 2 atom stereocenters. The summed E-state index contributed by atoms with van der Waals surface area (Å²) in [6.45, 7) is 3.96. The molecule has 0 N–H and O–H groups in total. The maximum absolute atomic E-state index is 9.98. The Bertz CT molecular complexity index is 3310. The van der Waals surface area contributed by atoms with E-state index in [1.54, 1.807) is 0 Å². The van der Waals surface area contributed by atoms with E-state index in [0.717, 1.165) is 104 Å². The van der Waals surface area contributed by atoms with E-state index >= 15 is 0 Å². The number of hydrogen-bond donors (Lipinski definition) is 0. The van der Waals surface area contributed by atoms with Crippen LogP contribution in [0.4, 0.5) is 0 Å². The molecule has 2 unspecified atom stereocenters. The van der Waals surface area contributed by atoms with E-state index < -0.39 is 16.3 Å². The van der Waals surface area contributed by atoms with E-state index in [0.29, 0.717) is 13.1 Å². The largest absolute Gasteiger partial charge is 0.876 e. The molecule has 0 aliphatic carbocycles. The molecule has 64 heavy (non-hydrogen) atoms. The van der Waals surface area contributed by atoms with E-state index in [1.807, 2.05) is 37.5 Å². The van der Waals surface area contributed by atoms with Crippen LogP contribution in [-0.4, -0.2) is 45.9 Å². The Kier molecular flexibility index (Phi) is 13.2. The maximum atomic E-state index is 9.98. The monoisotopic (exact) mass is 975 g/mol. The van der Waals surface area contributed by atoms with Gasteiger partial charge in [-0.05, 0) is 87.4 Å². The van der Waals surface area contributed by atoms with Gasteiger partial charge in [0.05, 0.1) is 0 Å². The van der Waals surface area contributed by atoms with E-state index in [-0.39, 0.29) is 31.0 Å². The van der Waals surface area contributed by atoms with Crippen LogP contribution in [-0.2, 0) is 37.4 Å². The first-order chi connectivity index (χ1) is 30.4. The fraction of sp³-hybridized carbons (Fsp3) is 0.173. The SMILES string of the molecule is CC(=O)/C=C(/C)[O-].CN(Cc1cc2ccccc2c2c1op(N(C)C)oc1ccc3ccccc3c12)Cc1cc2ccccc2c2c1op(N(C)C)oc1ccc3ccccc3c12.[Rh]. The number of nitrogens with zero attached hydrogens (tertiary/aromatic N) is 3. The minimum Gasteiger partial charge on any atom is -0.876 e. The van der Waals surface area contributed by atoms with Gasteiger partial charge in [0.1, 0.15) is 22.3 Å². The second kappa shape index (κ2) is 18.8. The summed E-state index contributed by atoms with van der Waals surface area (Å²) in [6, 6.07) is 47.4. The van der Waals surface area contributed by atoms with Crippen molar-refractivity contribution in [3.63, 3.8) is 0 Å². The summed E-state index contributed by atoms with van der Waals surface area (Å²) in [6.07, 6.45) is 1.06. The van der Waals surface area contributed by atoms with Crippen LogP contribution in [0, 0.1) is 0 Å². The molecule has 10 rings (SSSR count). The molecule has 9 nitrogen and oxygen atoms in total. The molecule has 0 saturated heterocycles. The Morgan fingerprint density at radius 3 is 1.22 bits per heavy atom. The summed E-state index contributed by atoms with van der Waals surface area (Å²) in [4.78, 5) is 12.3. The van der Waals surface area contributed by atoms with Crippen molar-refractivity contribution >= 4 is 109 Å². The Morgan fingerprint density at radius 1 is 0.516 bits per heavy atom. The van der Waals surface area contributed by atoms with Gasteiger partial charge in [-0.25, -0.2) is 9.34 Å². The first kappa shape index (κ1) is 44.9. The summed E-state index contributed by atoms with van der Waals surface area (Å²) in [5.41, 5.74) is 5.60. The zero-order valence-electron chi connectivity index (χ0n) is 36.7. The first-order valence-corrected chi connectivity index (χ1v) is 23.1. The third-order valence-corrected chi connectivity index (χ3v) is 13.8. The molecule has 12 heteroatoms. The average molecular weight is 976 g/mol. The number of fused-ring (bicyclic) bond motifs is 14. The van der Waals surface area contributed by atoms with Crippen molar-refractivity contribution in [1.29, 1.82) is 0 Å². The number of rotatable bonds is 7. The summed E-state index contributed by atoms with van der Waals surface area (Å²) >= 11 is 0. The number of allylic oxidation sites excluding steroid dienone is 2. The Hall–Kier alpha value is -5.69. The Labute approximate surface area is 386 Å². The van der Waals surface area contributed by atoms with Crippen LogP contribution in [0.25, 0.3) is 87.0 Å². The van der Waals surface area contributed by atoms with Gasteiger partial charge in [-0.15, -0.1) is 5.76 Å². The standard InChI is InChI=1S/C47H41N3O4P2.C5H8O2.Rh/c1-48(2)55-51-40-24-22-30-14-6-10-18-36(30)42(40)44-38-20-12-8-16-32(38)26-34(46(44)53-55)28-50(5)29-35-27-33-17-9-13-21-39(33)45-43-37-19-11-7-15-31(37)23-25-41(43)52-56(49(3)4)54-47(35)45;1-4(6)3-5(2)7;/h6-27H,28-29H2,1-5H3;3,6H,1-2H3;/p-1/b;4-3-;. The Morgan fingerprint density at radius 2 is 0.875 bits per heavy atom. The molecule has 0 fully saturated rings. The maximum Gasteiger partial charge on any atom is 0.309 e. The molecule has 1 radical (unpaired) electrons. The summed E-state index contributed by atoms with van der Waals surface area (Å²) in [5, 5.41) is 23.5. The second-order valence-corrected chi connectivity index (χ2v) is 19.6. The van der Waals surface area contributed by atoms with Crippen molar-refractivity contribution in [2.24, 2.45) is 0 Å². The van der Waals surface area contributed by atoms with Crippen molar-refractivity contribution in [2.75, 3.05) is 44.6 Å². The number of ketones is 1. The predicted octanol–water partition coefficient (Wildman–Crippen LogP) is 13.4. The van der Waals surface area contributed by atoms with Crippen LogP contribution in [0.15, 0.2) is 162 Å². The van der Waals surface area contributed by atoms with Crippen molar-refractivity contribution in [1.82, 2.24) is 4.90 Å². The van der Waals surface area contributed by atoms with E-state index in [4.69, 9.17) is 16.8 Å². The number of hydrogen-bond acceptors (Lipinski definition) is 9. The van der Waals surface area contributed by atoms with Crippen LogP contribution in [0.2, 0.25) is 0 Å². The van der Waals surface area contributed by atoms with Gasteiger partial charge in [0, 0.05) is 93.4 Å². The van der Waals surface area contributed by atoms with Crippen LogP contribution in [0.1, 0.15) is 25.0 Å². The van der Waals surface area contributed by atoms with Gasteiger partial charge in [-0.3, -0.25) is 9.69 Å². The molecular formula is C52H48N3O6P2Rh-. The molecular weight excluding hydrogens is 927 g/mol. The minimum atomic E-state index is -1.43. The van der Waals surface area contributed by atoms with Crippen molar-refractivity contribution in [2.45, 2.75) is 26.9 Å². The van der Waals surface area contributed by atoms with Gasteiger partial charge in [0.15, 0.2) is 5.78 Å². The zero-order valence-corrected chi connectivity index (χ0v) is 40.1. The first-order valence-electron chi connectivity index (χ1n) is 20.8. The predicted molar refractivity (Wildman–Crippen MR) is 262 cm³/mol. The Balaban J connectivity index is 0.000000649. The number of carbonyl (C=O) groups excluding carboxylic acids is 1. The number of benzene rings is 8. The van der Waals surface area contributed by atoms with Gasteiger partial charge in [0.25, 0.3) is 0 Å². The summed E-state index contributed by atoms with van der Waals surface area (Å²) in [5.74, 6) is -0.375. The van der Waals surface area contributed by atoms with Gasteiger partial charge in [-0.1, -0.05) is 116 Å². The smallest absolute Gasteiger partial charge is 0.309 e. The van der Waals surface area contributed by atoms with Crippen LogP contribution < -0.4 is 14.4 Å². The molecule has 0 aliphatic rings. The molecule has 0 saturated carbocycles. The fourth-order valence-electron chi connectivity index (χ4n) is 8.50. The third kappa shape index (κ3) is 8.75. The van der Waals surface area contributed by atoms with E-state index in [9.17, 15) is 9.90 Å². The van der Waals surface area contributed by atoms with Crippen molar-refractivity contribution in [3.05, 3.63) is 156 Å². The van der Waals surface area contributed by atoms with Crippen LogP contribution in [0.5, 0.6) is 0 Å². The van der Waals surface area contributed by atoms with Crippen molar-refractivity contribution in [3.8, 4) is 0 Å². The quantitative estimate of drug-likeness (QED) is 0.0877. The molecule has 8 aromatic carbocycles. The third-order valence-electron chi connectivity index (χ3n) is 11.1. The molecule has 0 amide bonds. The summed E-state index contributed by atoms with van der Waals surface area (Å²) < 4.78 is 31.6. The fourth-order valence-corrected chi connectivity index (χ4v) is 10.6. The second-order valence-electron chi connectivity index (χ2n) is 16.3. The molecule has 327 valence electrons. The molecule has 10 aromatic rings. The van der Waals surface area contributed by atoms with Crippen LogP contribution >= 0.6 is 16.3 Å². The van der Waals surface area contributed by atoms with E-state index in [1.165, 1.54) is 13.8 Å². The molecule has 0 spiro atoms. The van der Waals surface area contributed by atoms with Gasteiger partial charge < -0.3 is 21.9 Å². The number of carbonyl (C=O) groups is 1. The normalized spacial score (nSPS) is 12.6. The van der Waals surface area contributed by atoms with Gasteiger partial charge in [-0.2, -0.15) is 0 Å². The van der Waals surface area contributed by atoms with E-state index in [2.05, 4.69) is 145 Å². The molecule has 2 heterocycles. The minimum absolute atomic E-state index is 0. The van der Waals surface area contributed by atoms with Gasteiger partial charge in [0.2, 0.25) is 0 Å². The zero-order chi connectivity index (χ0) is 43.9. The molecule has 0 aliphatic heterocycles. The van der Waals surface area contributed by atoms with Gasteiger partial charge >= 0.3 is 16.3 Å².